The van der Waals surface area contributed by atoms with Crippen LogP contribution in [0.5, 0.6) is 0 Å². The van der Waals surface area contributed by atoms with Crippen molar-refractivity contribution >= 4 is 22.6 Å². The Labute approximate surface area is 136 Å². The summed E-state index contributed by atoms with van der Waals surface area (Å²) >= 11 is 0. The molecule has 2 aromatic rings. The van der Waals surface area contributed by atoms with Crippen molar-refractivity contribution in [2.75, 3.05) is 24.5 Å². The molecule has 5 nitrogen and oxygen atoms in total. The number of nitrogens with zero attached hydrogens (tertiary/aromatic N) is 3. The van der Waals surface area contributed by atoms with Crippen LogP contribution in [0.3, 0.4) is 0 Å². The minimum Gasteiger partial charge on any atom is -0.480 e. The zero-order chi connectivity index (χ0) is 16.6. The van der Waals surface area contributed by atoms with Crippen molar-refractivity contribution in [1.29, 1.82) is 0 Å². The Kier molecular flexibility index (Phi) is 3.98. The molecule has 1 aromatic carbocycles. The highest BCUT2D eigenvalue weighted by molar-refractivity contribution is 5.92. The van der Waals surface area contributed by atoms with Crippen molar-refractivity contribution in [3.8, 4) is 0 Å². The van der Waals surface area contributed by atoms with Crippen LogP contribution < -0.4 is 4.90 Å². The third-order valence-corrected chi connectivity index (χ3v) is 4.49. The number of hydrogen-bond acceptors (Lipinski definition) is 4. The summed E-state index contributed by atoms with van der Waals surface area (Å²) in [5.74, 6) is -0.761. The molecular weight excluding hydrogens is 290 g/mol. The highest BCUT2D eigenvalue weighted by Crippen LogP contribution is 2.29. The first-order chi connectivity index (χ1) is 10.9. The number of fused-ring (bicyclic) bond motifs is 1. The molecular formula is C18H23N3O2. The fourth-order valence-corrected chi connectivity index (χ4v) is 3.38. The van der Waals surface area contributed by atoms with Crippen molar-refractivity contribution in [1.82, 2.24) is 9.88 Å². The van der Waals surface area contributed by atoms with Crippen molar-refractivity contribution in [3.05, 3.63) is 36.5 Å². The van der Waals surface area contributed by atoms with Gasteiger partial charge in [0.2, 0.25) is 0 Å². The minimum absolute atomic E-state index is 0.157. The largest absolute Gasteiger partial charge is 0.480 e. The summed E-state index contributed by atoms with van der Waals surface area (Å²) in [6.07, 6.45) is 1.78. The molecule has 1 aromatic heterocycles. The molecule has 3 rings (SSSR count). The maximum atomic E-state index is 11.8. The highest BCUT2D eigenvalue weighted by atomic mass is 16.4. The monoisotopic (exact) mass is 313 g/mol. The Hall–Kier alpha value is -2.14. The van der Waals surface area contributed by atoms with Gasteiger partial charge in [0.25, 0.3) is 0 Å². The lowest BCUT2D eigenvalue weighted by atomic mass is 9.99. The number of hydrogen-bond donors (Lipinski definition) is 1. The van der Waals surface area contributed by atoms with Crippen LogP contribution in [0, 0.1) is 0 Å². The number of pyridine rings is 1. The molecule has 0 saturated carbocycles. The molecule has 2 heterocycles. The van der Waals surface area contributed by atoms with Crippen molar-refractivity contribution in [2.45, 2.75) is 32.4 Å². The van der Waals surface area contributed by atoms with E-state index < -0.39 is 12.0 Å². The second-order valence-corrected chi connectivity index (χ2v) is 7.01. The van der Waals surface area contributed by atoms with Gasteiger partial charge in [-0.3, -0.25) is 14.7 Å². The Morgan fingerprint density at radius 1 is 1.22 bits per heavy atom. The van der Waals surface area contributed by atoms with E-state index in [9.17, 15) is 9.90 Å². The highest BCUT2D eigenvalue weighted by Gasteiger charge is 2.38. The fraction of sp³-hybridized carbons (Fsp3) is 0.444. The summed E-state index contributed by atoms with van der Waals surface area (Å²) in [5.41, 5.74) is 1.85. The number of benzene rings is 1. The normalized spacial score (nSPS) is 20.0. The quantitative estimate of drug-likeness (QED) is 0.923. The topological polar surface area (TPSA) is 56.7 Å². The molecule has 1 saturated heterocycles. The van der Waals surface area contributed by atoms with Crippen molar-refractivity contribution in [3.63, 3.8) is 0 Å². The van der Waals surface area contributed by atoms with E-state index in [0.717, 1.165) is 29.7 Å². The van der Waals surface area contributed by atoms with Gasteiger partial charge in [-0.05, 0) is 45.0 Å². The fourth-order valence-electron chi connectivity index (χ4n) is 3.38. The van der Waals surface area contributed by atoms with Gasteiger partial charge in [0.1, 0.15) is 6.04 Å². The third-order valence-electron chi connectivity index (χ3n) is 4.49. The van der Waals surface area contributed by atoms with Gasteiger partial charge in [-0.25, -0.2) is 0 Å². The molecule has 0 spiro atoms. The average molecular weight is 313 g/mol. The van der Waals surface area contributed by atoms with Crippen LogP contribution in [0.4, 0.5) is 5.69 Å². The molecule has 1 N–H and O–H groups in total. The number of carbonyl (C=O) groups is 1. The van der Waals surface area contributed by atoms with Crippen LogP contribution in [0.25, 0.3) is 10.9 Å². The molecule has 0 bridgehead atoms. The first-order valence-corrected chi connectivity index (χ1v) is 7.96. The second-order valence-electron chi connectivity index (χ2n) is 7.01. The van der Waals surface area contributed by atoms with E-state index in [2.05, 4.69) is 41.6 Å². The third kappa shape index (κ3) is 3.01. The Bertz CT molecular complexity index is 718. The van der Waals surface area contributed by atoms with E-state index in [4.69, 9.17) is 0 Å². The molecule has 0 radical (unpaired) electrons. The van der Waals surface area contributed by atoms with E-state index in [0.29, 0.717) is 6.54 Å². The van der Waals surface area contributed by atoms with Gasteiger partial charge in [0, 0.05) is 42.4 Å². The molecule has 1 aliphatic rings. The molecule has 1 unspecified atom stereocenters. The van der Waals surface area contributed by atoms with Crippen molar-refractivity contribution in [2.24, 2.45) is 0 Å². The van der Waals surface area contributed by atoms with E-state index in [1.807, 2.05) is 24.3 Å². The van der Waals surface area contributed by atoms with E-state index in [1.165, 1.54) is 0 Å². The van der Waals surface area contributed by atoms with Crippen LogP contribution in [-0.4, -0.2) is 52.2 Å². The number of aromatic nitrogens is 1. The second kappa shape index (κ2) is 5.81. The lowest BCUT2D eigenvalue weighted by Gasteiger charge is -2.47. The number of anilines is 1. The Balaban J connectivity index is 1.94. The predicted molar refractivity (Wildman–Crippen MR) is 91.8 cm³/mol. The lowest BCUT2D eigenvalue weighted by molar-refractivity contribution is -0.146. The zero-order valence-electron chi connectivity index (χ0n) is 13.9. The molecule has 23 heavy (non-hydrogen) atoms. The number of carboxylic acids is 1. The number of piperazine rings is 1. The summed E-state index contributed by atoms with van der Waals surface area (Å²) in [6.45, 7) is 8.24. The molecule has 0 aliphatic carbocycles. The summed E-state index contributed by atoms with van der Waals surface area (Å²) < 4.78 is 0. The molecule has 0 amide bonds. The lowest BCUT2D eigenvalue weighted by Crippen LogP contribution is -2.62. The molecule has 1 fully saturated rings. The van der Waals surface area contributed by atoms with Crippen LogP contribution in [0.1, 0.15) is 20.8 Å². The average Bonchev–Trinajstić information content (AvgIpc) is 2.53. The molecule has 5 heteroatoms. The molecule has 1 aliphatic heterocycles. The van der Waals surface area contributed by atoms with Crippen LogP contribution >= 0.6 is 0 Å². The van der Waals surface area contributed by atoms with Gasteiger partial charge in [-0.15, -0.1) is 0 Å². The summed E-state index contributed by atoms with van der Waals surface area (Å²) in [4.78, 5) is 20.4. The summed E-state index contributed by atoms with van der Waals surface area (Å²) in [6, 6.07) is 9.48. The first-order valence-electron chi connectivity index (χ1n) is 7.96. The number of rotatable bonds is 2. The first kappa shape index (κ1) is 15.7. The van der Waals surface area contributed by atoms with Gasteiger partial charge in [-0.1, -0.05) is 6.07 Å². The van der Waals surface area contributed by atoms with E-state index >= 15 is 0 Å². The predicted octanol–water partition coefficient (Wildman–Crippen LogP) is 2.61. The Morgan fingerprint density at radius 3 is 2.70 bits per heavy atom. The van der Waals surface area contributed by atoms with E-state index in [-0.39, 0.29) is 5.54 Å². The maximum absolute atomic E-state index is 11.8. The van der Waals surface area contributed by atoms with Crippen LogP contribution in [0.15, 0.2) is 36.5 Å². The molecule has 1 atom stereocenters. The molecule has 122 valence electrons. The van der Waals surface area contributed by atoms with Crippen LogP contribution in [-0.2, 0) is 4.79 Å². The van der Waals surface area contributed by atoms with Gasteiger partial charge in [0.15, 0.2) is 0 Å². The summed E-state index contributed by atoms with van der Waals surface area (Å²) in [7, 11) is 0. The smallest absolute Gasteiger partial charge is 0.322 e. The number of aliphatic carboxylic acids is 1. The number of carboxylic acid groups (broad SMARTS) is 1. The van der Waals surface area contributed by atoms with Crippen molar-refractivity contribution < 1.29 is 9.90 Å². The van der Waals surface area contributed by atoms with Gasteiger partial charge in [0.05, 0.1) is 5.52 Å². The Morgan fingerprint density at radius 2 is 2.00 bits per heavy atom. The minimum atomic E-state index is -0.761. The van der Waals surface area contributed by atoms with Gasteiger partial charge in [-0.2, -0.15) is 0 Å². The van der Waals surface area contributed by atoms with Crippen LogP contribution in [0.2, 0.25) is 0 Å². The standard InChI is InChI=1S/C18H23N3O2/c1-18(2,3)21-11-10-20(12-16(21)17(22)23)15-8-4-7-14-13(15)6-5-9-19-14/h4-9,16H,10-12H2,1-3H3,(H,22,23). The van der Waals surface area contributed by atoms with E-state index in [1.54, 1.807) is 6.20 Å². The summed E-state index contributed by atoms with van der Waals surface area (Å²) in [5, 5.41) is 10.7. The van der Waals surface area contributed by atoms with Gasteiger partial charge >= 0.3 is 5.97 Å². The SMILES string of the molecule is CC(C)(C)N1CCN(c2cccc3ncccc23)CC1C(=O)O. The van der Waals surface area contributed by atoms with Gasteiger partial charge < -0.3 is 10.0 Å². The maximum Gasteiger partial charge on any atom is 0.322 e. The zero-order valence-corrected chi connectivity index (χ0v) is 13.9.